The summed E-state index contributed by atoms with van der Waals surface area (Å²) in [6.07, 6.45) is 3.92. The molecular weight excluding hydrogens is 274 g/mol. The average molecular weight is 293 g/mol. The third kappa shape index (κ3) is 3.08. The van der Waals surface area contributed by atoms with E-state index >= 15 is 0 Å². The fourth-order valence-electron chi connectivity index (χ4n) is 2.15. The van der Waals surface area contributed by atoms with E-state index in [1.165, 1.54) is 0 Å². The molecule has 2 N–H and O–H groups in total. The number of hydrogen-bond acceptors (Lipinski definition) is 3. The lowest BCUT2D eigenvalue weighted by molar-refractivity contribution is 0.539. The molecule has 0 saturated heterocycles. The van der Waals surface area contributed by atoms with E-state index in [1.54, 1.807) is 31.5 Å². The second-order valence-corrected chi connectivity index (χ2v) is 6.51. The molecule has 0 saturated carbocycles. The molecule has 1 heterocycles. The van der Waals surface area contributed by atoms with E-state index in [1.807, 2.05) is 19.9 Å². The van der Waals surface area contributed by atoms with Crippen LogP contribution in [0.5, 0.6) is 0 Å². The fraction of sp³-hybridized carbons (Fsp3) is 0.357. The maximum absolute atomic E-state index is 12.5. The molecule has 5 nitrogen and oxygen atoms in total. The number of rotatable bonds is 5. The van der Waals surface area contributed by atoms with Crippen molar-refractivity contribution in [3.63, 3.8) is 0 Å². The summed E-state index contributed by atoms with van der Waals surface area (Å²) >= 11 is 0. The summed E-state index contributed by atoms with van der Waals surface area (Å²) in [5.74, 6) is 0.626. The second-order valence-electron chi connectivity index (χ2n) is 4.83. The summed E-state index contributed by atoms with van der Waals surface area (Å²) < 4.78 is 27.7. The highest BCUT2D eigenvalue weighted by Gasteiger charge is 2.23. The van der Waals surface area contributed by atoms with Crippen LogP contribution in [0.1, 0.15) is 36.3 Å². The topological polar surface area (TPSA) is 74.8 Å². The molecule has 1 aromatic carbocycles. The Labute approximate surface area is 119 Å². The molecule has 6 heteroatoms. The number of aromatic amines is 1. The summed E-state index contributed by atoms with van der Waals surface area (Å²) in [5, 5.41) is 0. The van der Waals surface area contributed by atoms with Gasteiger partial charge in [-0.2, -0.15) is 0 Å². The lowest BCUT2D eigenvalue weighted by atomic mass is 10.2. The van der Waals surface area contributed by atoms with Crippen molar-refractivity contribution in [2.45, 2.75) is 38.1 Å². The van der Waals surface area contributed by atoms with Crippen LogP contribution in [0.4, 0.5) is 0 Å². The highest BCUT2D eigenvalue weighted by molar-refractivity contribution is 7.89. The number of imidazole rings is 1. The lowest BCUT2D eigenvalue weighted by Crippen LogP contribution is -2.29. The summed E-state index contributed by atoms with van der Waals surface area (Å²) in [4.78, 5) is 7.38. The van der Waals surface area contributed by atoms with Crippen molar-refractivity contribution in [3.8, 4) is 0 Å². The molecular formula is C14H19N3O2S. The van der Waals surface area contributed by atoms with Crippen LogP contribution in [0, 0.1) is 13.8 Å². The predicted molar refractivity (Wildman–Crippen MR) is 77.9 cm³/mol. The Bertz CT molecular complexity index is 678. The van der Waals surface area contributed by atoms with Crippen LogP contribution in [0.15, 0.2) is 35.5 Å². The van der Waals surface area contributed by atoms with Crippen LogP contribution >= 0.6 is 0 Å². The van der Waals surface area contributed by atoms with Crippen molar-refractivity contribution in [1.82, 2.24) is 14.7 Å². The van der Waals surface area contributed by atoms with Crippen LogP contribution in [0.3, 0.4) is 0 Å². The Morgan fingerprint density at radius 2 is 2.10 bits per heavy atom. The molecule has 0 aliphatic heterocycles. The number of nitrogens with one attached hydrogen (secondary N) is 2. The molecule has 1 aromatic heterocycles. The molecule has 2 rings (SSSR count). The van der Waals surface area contributed by atoms with E-state index < -0.39 is 10.0 Å². The van der Waals surface area contributed by atoms with Gasteiger partial charge in [-0.15, -0.1) is 0 Å². The first-order valence-corrected chi connectivity index (χ1v) is 8.01. The summed E-state index contributed by atoms with van der Waals surface area (Å²) in [6, 6.07) is 4.95. The van der Waals surface area contributed by atoms with Gasteiger partial charge >= 0.3 is 0 Å². The maximum atomic E-state index is 12.5. The quantitative estimate of drug-likeness (QED) is 0.889. The van der Waals surface area contributed by atoms with Crippen molar-refractivity contribution in [2.75, 3.05) is 0 Å². The number of nitrogens with zero attached hydrogens (tertiary/aromatic N) is 1. The van der Waals surface area contributed by atoms with Crippen molar-refractivity contribution >= 4 is 10.0 Å². The fourth-order valence-corrected chi connectivity index (χ4v) is 3.66. The van der Waals surface area contributed by atoms with Crippen molar-refractivity contribution < 1.29 is 8.42 Å². The van der Waals surface area contributed by atoms with Crippen LogP contribution in [-0.4, -0.2) is 18.4 Å². The van der Waals surface area contributed by atoms with Crippen molar-refractivity contribution in [1.29, 1.82) is 0 Å². The predicted octanol–water partition coefficient (Wildman–Crippen LogP) is 2.46. The molecule has 0 radical (unpaired) electrons. The Hall–Kier alpha value is -1.66. The van der Waals surface area contributed by atoms with Gasteiger partial charge in [-0.25, -0.2) is 18.1 Å². The first kappa shape index (κ1) is 14.7. The molecule has 1 atom stereocenters. The smallest absolute Gasteiger partial charge is 0.241 e. The minimum absolute atomic E-state index is 0.313. The van der Waals surface area contributed by atoms with Crippen LogP contribution in [0.2, 0.25) is 0 Å². The minimum Gasteiger partial charge on any atom is -0.347 e. The molecule has 0 fully saturated rings. The molecule has 20 heavy (non-hydrogen) atoms. The monoisotopic (exact) mass is 293 g/mol. The zero-order chi connectivity index (χ0) is 14.8. The van der Waals surface area contributed by atoms with Gasteiger partial charge in [0.15, 0.2) is 0 Å². The standard InChI is InChI=1S/C14H19N3O2S/c1-4-12(14-15-7-8-16-14)17-20(18,19)13-6-5-10(2)9-11(13)3/h5-9,12,17H,4H2,1-3H3,(H,15,16). The number of sulfonamides is 1. The summed E-state index contributed by atoms with van der Waals surface area (Å²) in [7, 11) is -3.56. The van der Waals surface area contributed by atoms with E-state index in [2.05, 4.69) is 14.7 Å². The minimum atomic E-state index is -3.56. The van der Waals surface area contributed by atoms with Gasteiger partial charge in [-0.3, -0.25) is 0 Å². The van der Waals surface area contributed by atoms with Gasteiger partial charge in [-0.05, 0) is 31.9 Å². The maximum Gasteiger partial charge on any atom is 0.241 e. The van der Waals surface area contributed by atoms with Crippen molar-refractivity contribution in [3.05, 3.63) is 47.5 Å². The van der Waals surface area contributed by atoms with Gasteiger partial charge in [-0.1, -0.05) is 24.6 Å². The zero-order valence-electron chi connectivity index (χ0n) is 11.8. The highest BCUT2D eigenvalue weighted by atomic mass is 32.2. The number of aryl methyl sites for hydroxylation is 2. The molecule has 0 amide bonds. The van der Waals surface area contributed by atoms with E-state index in [9.17, 15) is 8.42 Å². The van der Waals surface area contributed by atoms with Crippen LogP contribution in [-0.2, 0) is 10.0 Å². The van der Waals surface area contributed by atoms with Gasteiger partial charge in [0.05, 0.1) is 10.9 Å². The number of hydrogen-bond donors (Lipinski definition) is 2. The molecule has 1 unspecified atom stereocenters. The van der Waals surface area contributed by atoms with Crippen molar-refractivity contribution in [2.24, 2.45) is 0 Å². The molecule has 0 spiro atoms. The van der Waals surface area contributed by atoms with Gasteiger partial charge < -0.3 is 4.98 Å². The van der Waals surface area contributed by atoms with Gasteiger partial charge in [0.1, 0.15) is 5.82 Å². The Morgan fingerprint density at radius 3 is 2.65 bits per heavy atom. The number of H-pyrrole nitrogens is 1. The zero-order valence-corrected chi connectivity index (χ0v) is 12.7. The second kappa shape index (κ2) is 5.76. The lowest BCUT2D eigenvalue weighted by Gasteiger charge is -2.16. The number of benzene rings is 1. The van der Waals surface area contributed by atoms with Gasteiger partial charge in [0.2, 0.25) is 10.0 Å². The average Bonchev–Trinajstić information content (AvgIpc) is 2.89. The van der Waals surface area contributed by atoms with Gasteiger partial charge in [0, 0.05) is 12.4 Å². The first-order valence-electron chi connectivity index (χ1n) is 6.53. The molecule has 0 aliphatic rings. The molecule has 108 valence electrons. The van der Waals surface area contributed by atoms with E-state index in [0.29, 0.717) is 17.1 Å². The van der Waals surface area contributed by atoms with E-state index in [4.69, 9.17) is 0 Å². The first-order chi connectivity index (χ1) is 9.44. The Balaban J connectivity index is 2.31. The Morgan fingerprint density at radius 1 is 1.35 bits per heavy atom. The van der Waals surface area contributed by atoms with E-state index in [0.717, 1.165) is 11.1 Å². The number of aromatic nitrogens is 2. The summed E-state index contributed by atoms with van der Waals surface area (Å²) in [6.45, 7) is 5.65. The third-order valence-corrected chi connectivity index (χ3v) is 4.81. The Kier molecular flexibility index (Phi) is 4.25. The van der Waals surface area contributed by atoms with E-state index in [-0.39, 0.29) is 6.04 Å². The molecule has 0 bridgehead atoms. The van der Waals surface area contributed by atoms with Gasteiger partial charge in [0.25, 0.3) is 0 Å². The third-order valence-electron chi connectivity index (χ3n) is 3.18. The molecule has 2 aromatic rings. The normalized spacial score (nSPS) is 13.3. The molecule has 0 aliphatic carbocycles. The van der Waals surface area contributed by atoms with Crippen LogP contribution in [0.25, 0.3) is 0 Å². The highest BCUT2D eigenvalue weighted by Crippen LogP contribution is 2.20. The SMILES string of the molecule is CCC(NS(=O)(=O)c1ccc(C)cc1C)c1ncc[nH]1. The van der Waals surface area contributed by atoms with Crippen LogP contribution < -0.4 is 4.72 Å². The largest absolute Gasteiger partial charge is 0.347 e. The summed E-state index contributed by atoms with van der Waals surface area (Å²) in [5.41, 5.74) is 1.78.